The lowest BCUT2D eigenvalue weighted by Gasteiger charge is -1.90. The Morgan fingerprint density at radius 3 is 2.80 bits per heavy atom. The molecule has 51 valence electrons. The zero-order chi connectivity index (χ0) is 7.40. The largest absolute Gasteiger partial charge is 0.255 e. The van der Waals surface area contributed by atoms with Crippen molar-refractivity contribution in [2.45, 2.75) is 0 Å². The number of nitrogens with zero attached hydrogens (tertiary/aromatic N) is 1. The van der Waals surface area contributed by atoms with Crippen molar-refractivity contribution in [1.29, 1.82) is 0 Å². The number of allylic oxidation sites excluding steroid dienone is 1. The fourth-order valence-corrected chi connectivity index (χ4v) is 0.718. The maximum Gasteiger partial charge on any atom is 0.0627 e. The highest BCUT2D eigenvalue weighted by Gasteiger charge is 1.86. The van der Waals surface area contributed by atoms with Crippen molar-refractivity contribution in [2.24, 2.45) is 0 Å². The van der Waals surface area contributed by atoms with Crippen LogP contribution in [0, 0.1) is 6.92 Å². The summed E-state index contributed by atoms with van der Waals surface area (Å²) in [5, 5.41) is 0.654. The minimum atomic E-state index is 0.654. The third-order valence-electron chi connectivity index (χ3n) is 1.04. The Balaban J connectivity index is 2.89. The zero-order valence-corrected chi connectivity index (χ0v) is 6.17. The van der Waals surface area contributed by atoms with Gasteiger partial charge < -0.3 is 0 Å². The van der Waals surface area contributed by atoms with Gasteiger partial charge in [-0.05, 0) is 25.1 Å². The first-order valence-electron chi connectivity index (χ1n) is 2.90. The number of pyridine rings is 1. The monoisotopic (exact) mass is 152 g/mol. The van der Waals surface area contributed by atoms with E-state index in [2.05, 4.69) is 11.9 Å². The third-order valence-corrected chi connectivity index (χ3v) is 1.26. The van der Waals surface area contributed by atoms with E-state index >= 15 is 0 Å². The molecule has 0 amide bonds. The van der Waals surface area contributed by atoms with E-state index in [0.29, 0.717) is 5.02 Å². The molecular formula is C8H7ClN. The number of aromatic nitrogens is 1. The summed E-state index contributed by atoms with van der Waals surface area (Å²) in [4.78, 5) is 4.01. The second kappa shape index (κ2) is 3.37. The van der Waals surface area contributed by atoms with Gasteiger partial charge in [-0.2, -0.15) is 0 Å². The van der Waals surface area contributed by atoms with Crippen LogP contribution in [0.1, 0.15) is 5.69 Å². The summed E-state index contributed by atoms with van der Waals surface area (Å²) in [7, 11) is 0. The van der Waals surface area contributed by atoms with Gasteiger partial charge in [-0.1, -0.05) is 17.7 Å². The summed E-state index contributed by atoms with van der Waals surface area (Å²) < 4.78 is 0. The predicted molar refractivity (Wildman–Crippen MR) is 43.6 cm³/mol. The van der Waals surface area contributed by atoms with Gasteiger partial charge in [0.2, 0.25) is 0 Å². The SMILES string of the molecule is [CH2]C=Cc1ccc(Cl)cn1. The Hall–Kier alpha value is -0.820. The van der Waals surface area contributed by atoms with Gasteiger partial charge in [-0.3, -0.25) is 4.98 Å². The fraction of sp³-hybridized carbons (Fsp3) is 0. The molecule has 0 spiro atoms. The van der Waals surface area contributed by atoms with E-state index in [4.69, 9.17) is 11.6 Å². The topological polar surface area (TPSA) is 12.9 Å². The predicted octanol–water partition coefficient (Wildman–Crippen LogP) is 2.58. The molecule has 10 heavy (non-hydrogen) atoms. The summed E-state index contributed by atoms with van der Waals surface area (Å²) in [5.74, 6) is 0. The molecule has 0 saturated carbocycles. The Kier molecular flexibility index (Phi) is 2.46. The van der Waals surface area contributed by atoms with Gasteiger partial charge in [0.25, 0.3) is 0 Å². The van der Waals surface area contributed by atoms with Crippen LogP contribution < -0.4 is 0 Å². The maximum atomic E-state index is 5.61. The molecule has 0 atom stereocenters. The van der Waals surface area contributed by atoms with Gasteiger partial charge in [0.15, 0.2) is 0 Å². The lowest BCUT2D eigenvalue weighted by atomic mass is 10.3. The molecule has 1 radical (unpaired) electrons. The van der Waals surface area contributed by atoms with E-state index < -0.39 is 0 Å². The van der Waals surface area contributed by atoms with Crippen LogP contribution in [-0.2, 0) is 0 Å². The number of rotatable bonds is 1. The standard InChI is InChI=1S/C8H7ClN/c1-2-3-8-5-4-7(9)6-10-8/h2-6H,1H2. The molecular weight excluding hydrogens is 146 g/mol. The summed E-state index contributed by atoms with van der Waals surface area (Å²) >= 11 is 5.61. The molecule has 1 nitrogen and oxygen atoms in total. The molecule has 0 aliphatic carbocycles. The first kappa shape index (κ1) is 7.29. The molecule has 0 unspecified atom stereocenters. The van der Waals surface area contributed by atoms with Gasteiger partial charge in [-0.15, -0.1) is 0 Å². The van der Waals surface area contributed by atoms with Crippen LogP contribution in [0.15, 0.2) is 24.4 Å². The second-order valence-corrected chi connectivity index (χ2v) is 2.24. The van der Waals surface area contributed by atoms with E-state index in [0.717, 1.165) is 5.69 Å². The first-order chi connectivity index (χ1) is 4.83. The van der Waals surface area contributed by atoms with E-state index in [1.54, 1.807) is 18.3 Å². The van der Waals surface area contributed by atoms with E-state index in [1.165, 1.54) is 0 Å². The molecule has 2 heteroatoms. The van der Waals surface area contributed by atoms with Crippen molar-refractivity contribution >= 4 is 17.7 Å². The Morgan fingerprint density at radius 1 is 1.50 bits per heavy atom. The summed E-state index contributed by atoms with van der Waals surface area (Å²) in [6, 6.07) is 3.63. The Bertz CT molecular complexity index is 226. The van der Waals surface area contributed by atoms with Gasteiger partial charge in [-0.25, -0.2) is 0 Å². The van der Waals surface area contributed by atoms with Gasteiger partial charge >= 0.3 is 0 Å². The lowest BCUT2D eigenvalue weighted by Crippen LogP contribution is -1.76. The van der Waals surface area contributed by atoms with Crippen LogP contribution in [0.3, 0.4) is 0 Å². The van der Waals surface area contributed by atoms with Crippen LogP contribution in [0.2, 0.25) is 5.02 Å². The smallest absolute Gasteiger partial charge is 0.0627 e. The first-order valence-corrected chi connectivity index (χ1v) is 3.28. The van der Waals surface area contributed by atoms with E-state index in [-0.39, 0.29) is 0 Å². The van der Waals surface area contributed by atoms with Crippen LogP contribution in [0.5, 0.6) is 0 Å². The molecule has 1 aromatic rings. The van der Waals surface area contributed by atoms with Crippen LogP contribution >= 0.6 is 11.6 Å². The van der Waals surface area contributed by atoms with Gasteiger partial charge in [0.1, 0.15) is 0 Å². The lowest BCUT2D eigenvalue weighted by molar-refractivity contribution is 1.30. The minimum absolute atomic E-state index is 0.654. The number of hydrogen-bond donors (Lipinski definition) is 0. The highest BCUT2D eigenvalue weighted by Crippen LogP contribution is 2.06. The number of halogens is 1. The molecule has 0 aliphatic heterocycles. The molecule has 1 heterocycles. The van der Waals surface area contributed by atoms with Crippen LogP contribution in [-0.4, -0.2) is 4.98 Å². The summed E-state index contributed by atoms with van der Waals surface area (Å²) in [6.45, 7) is 3.55. The minimum Gasteiger partial charge on any atom is -0.255 e. The molecule has 0 bridgehead atoms. The average Bonchev–Trinajstić information content (AvgIpc) is 1.95. The Labute approximate surface area is 65.4 Å². The van der Waals surface area contributed by atoms with Crippen LogP contribution in [0.4, 0.5) is 0 Å². The van der Waals surface area contributed by atoms with Crippen molar-refractivity contribution in [1.82, 2.24) is 4.98 Å². The number of hydrogen-bond acceptors (Lipinski definition) is 1. The summed E-state index contributed by atoms with van der Waals surface area (Å²) in [5.41, 5.74) is 0.874. The normalized spacial score (nSPS) is 10.6. The third kappa shape index (κ3) is 1.85. The molecule has 1 rings (SSSR count). The van der Waals surface area contributed by atoms with Gasteiger partial charge in [0.05, 0.1) is 10.7 Å². The maximum absolute atomic E-state index is 5.61. The highest BCUT2D eigenvalue weighted by atomic mass is 35.5. The molecule has 0 saturated heterocycles. The molecule has 1 aromatic heterocycles. The van der Waals surface area contributed by atoms with E-state index in [9.17, 15) is 0 Å². The van der Waals surface area contributed by atoms with Crippen molar-refractivity contribution in [3.8, 4) is 0 Å². The van der Waals surface area contributed by atoms with E-state index in [1.807, 2.05) is 12.1 Å². The fourth-order valence-electron chi connectivity index (χ4n) is 0.607. The highest BCUT2D eigenvalue weighted by molar-refractivity contribution is 6.30. The van der Waals surface area contributed by atoms with Gasteiger partial charge in [0, 0.05) is 6.20 Å². The average molecular weight is 153 g/mol. The summed E-state index contributed by atoms with van der Waals surface area (Å²) in [6.07, 6.45) is 5.11. The molecule has 0 N–H and O–H groups in total. The van der Waals surface area contributed by atoms with Crippen molar-refractivity contribution in [2.75, 3.05) is 0 Å². The zero-order valence-electron chi connectivity index (χ0n) is 5.42. The van der Waals surface area contributed by atoms with Crippen molar-refractivity contribution in [3.63, 3.8) is 0 Å². The van der Waals surface area contributed by atoms with Crippen molar-refractivity contribution < 1.29 is 0 Å². The molecule has 0 aromatic carbocycles. The molecule has 0 fully saturated rings. The van der Waals surface area contributed by atoms with Crippen molar-refractivity contribution in [3.05, 3.63) is 42.0 Å². The quantitative estimate of drug-likeness (QED) is 0.603. The molecule has 0 aliphatic rings. The second-order valence-electron chi connectivity index (χ2n) is 1.80. The Morgan fingerprint density at radius 2 is 2.30 bits per heavy atom. The van der Waals surface area contributed by atoms with Crippen LogP contribution in [0.25, 0.3) is 6.08 Å².